The number of aryl methyl sites for hydroxylation is 1. The minimum atomic E-state index is -0.873. The molecule has 0 aromatic carbocycles. The van der Waals surface area contributed by atoms with Crippen LogP contribution < -0.4 is 5.56 Å². The second kappa shape index (κ2) is 4.61. The minimum Gasteiger partial charge on any atom is -0.465 e. The number of ether oxygens (including phenoxy) is 2. The summed E-state index contributed by atoms with van der Waals surface area (Å²) in [6.45, 7) is 1.59. The number of aromatic nitrogens is 1. The molecule has 1 heterocycles. The van der Waals surface area contributed by atoms with Crippen molar-refractivity contribution in [3.63, 3.8) is 0 Å². The van der Waals surface area contributed by atoms with E-state index in [9.17, 15) is 14.4 Å². The van der Waals surface area contributed by atoms with E-state index in [1.807, 2.05) is 0 Å². The van der Waals surface area contributed by atoms with Crippen LogP contribution in [-0.2, 0) is 9.47 Å². The summed E-state index contributed by atoms with van der Waals surface area (Å²) in [4.78, 5) is 36.6. The van der Waals surface area contributed by atoms with Crippen molar-refractivity contribution in [1.29, 1.82) is 0 Å². The van der Waals surface area contributed by atoms with Crippen molar-refractivity contribution >= 4 is 11.9 Å². The third-order valence-electron chi connectivity index (χ3n) is 1.96. The molecule has 0 atom stereocenters. The van der Waals surface area contributed by atoms with Gasteiger partial charge in [-0.05, 0) is 13.0 Å². The van der Waals surface area contributed by atoms with Gasteiger partial charge >= 0.3 is 11.9 Å². The lowest BCUT2D eigenvalue weighted by Gasteiger charge is -2.06. The van der Waals surface area contributed by atoms with Crippen LogP contribution in [0.15, 0.2) is 10.9 Å². The zero-order valence-corrected chi connectivity index (χ0v) is 9.12. The van der Waals surface area contributed by atoms with Crippen LogP contribution in [0, 0.1) is 6.92 Å². The lowest BCUT2D eigenvalue weighted by molar-refractivity contribution is 0.0553. The van der Waals surface area contributed by atoms with Crippen molar-refractivity contribution in [3.05, 3.63) is 33.2 Å². The molecule has 0 aliphatic carbocycles. The number of esters is 2. The zero-order chi connectivity index (χ0) is 12.3. The highest BCUT2D eigenvalue weighted by molar-refractivity contribution is 6.02. The van der Waals surface area contributed by atoms with Gasteiger partial charge in [0.05, 0.1) is 19.8 Å². The van der Waals surface area contributed by atoms with Crippen LogP contribution >= 0.6 is 0 Å². The SMILES string of the molecule is COC(=O)c1cc(C)[nH]c(=O)c1C(=O)OC. The molecule has 1 aromatic heterocycles. The van der Waals surface area contributed by atoms with Gasteiger partial charge in [-0.15, -0.1) is 0 Å². The summed E-state index contributed by atoms with van der Waals surface area (Å²) in [5.41, 5.74) is -0.666. The number of carbonyl (C=O) groups is 2. The van der Waals surface area contributed by atoms with Crippen molar-refractivity contribution < 1.29 is 19.1 Å². The maximum Gasteiger partial charge on any atom is 0.344 e. The monoisotopic (exact) mass is 225 g/mol. The largest absolute Gasteiger partial charge is 0.465 e. The van der Waals surface area contributed by atoms with Crippen LogP contribution in [0.25, 0.3) is 0 Å². The van der Waals surface area contributed by atoms with Crippen molar-refractivity contribution in [2.75, 3.05) is 14.2 Å². The predicted octanol–water partition coefficient (Wildman–Crippen LogP) is 0.257. The molecule has 6 heteroatoms. The molecule has 0 fully saturated rings. The lowest BCUT2D eigenvalue weighted by Crippen LogP contribution is -2.25. The van der Waals surface area contributed by atoms with Gasteiger partial charge in [0.2, 0.25) is 0 Å². The average molecular weight is 225 g/mol. The van der Waals surface area contributed by atoms with Crippen LogP contribution in [0.5, 0.6) is 0 Å². The number of hydrogen-bond acceptors (Lipinski definition) is 5. The molecular formula is C10H11NO5. The molecule has 0 saturated carbocycles. The summed E-state index contributed by atoms with van der Waals surface area (Å²) in [5, 5.41) is 0. The van der Waals surface area contributed by atoms with Gasteiger partial charge < -0.3 is 14.5 Å². The molecule has 1 rings (SSSR count). The molecule has 86 valence electrons. The van der Waals surface area contributed by atoms with Gasteiger partial charge in [0.1, 0.15) is 5.56 Å². The second-order valence-corrected chi connectivity index (χ2v) is 3.05. The smallest absolute Gasteiger partial charge is 0.344 e. The summed E-state index contributed by atoms with van der Waals surface area (Å²) >= 11 is 0. The first-order valence-electron chi connectivity index (χ1n) is 4.41. The Balaban J connectivity index is 3.50. The number of hydrogen-bond donors (Lipinski definition) is 1. The maximum absolute atomic E-state index is 11.5. The standard InChI is InChI=1S/C10H11NO5/c1-5-4-6(9(13)15-2)7(8(12)11-5)10(14)16-3/h4H,1-3H3,(H,11,12). The van der Waals surface area contributed by atoms with Crippen LogP contribution in [0.2, 0.25) is 0 Å². The van der Waals surface area contributed by atoms with Gasteiger partial charge in [0.15, 0.2) is 0 Å². The Morgan fingerprint density at radius 2 is 1.75 bits per heavy atom. The molecule has 6 nitrogen and oxygen atoms in total. The first-order valence-corrected chi connectivity index (χ1v) is 4.41. The number of aromatic amines is 1. The summed E-state index contributed by atoms with van der Waals surface area (Å²) in [6, 6.07) is 1.36. The van der Waals surface area contributed by atoms with Gasteiger partial charge in [-0.2, -0.15) is 0 Å². The average Bonchev–Trinajstić information content (AvgIpc) is 2.26. The Hall–Kier alpha value is -2.11. The molecule has 0 spiro atoms. The molecule has 0 aliphatic heterocycles. The topological polar surface area (TPSA) is 85.5 Å². The molecule has 0 saturated heterocycles. The third kappa shape index (κ3) is 2.10. The lowest BCUT2D eigenvalue weighted by atomic mass is 10.1. The molecule has 1 aromatic rings. The van der Waals surface area contributed by atoms with Crippen molar-refractivity contribution in [2.45, 2.75) is 6.92 Å². The van der Waals surface area contributed by atoms with E-state index in [0.717, 1.165) is 7.11 Å². The third-order valence-corrected chi connectivity index (χ3v) is 1.96. The molecule has 0 unspecified atom stereocenters. The normalized spacial score (nSPS) is 9.69. The number of nitrogens with one attached hydrogen (secondary N) is 1. The van der Waals surface area contributed by atoms with E-state index in [2.05, 4.69) is 14.5 Å². The molecule has 0 amide bonds. The maximum atomic E-state index is 11.5. The van der Waals surface area contributed by atoms with Gasteiger partial charge in [-0.1, -0.05) is 0 Å². The van der Waals surface area contributed by atoms with Crippen LogP contribution in [0.4, 0.5) is 0 Å². The van der Waals surface area contributed by atoms with E-state index in [1.165, 1.54) is 13.2 Å². The number of H-pyrrole nitrogens is 1. The van der Waals surface area contributed by atoms with E-state index in [4.69, 9.17) is 0 Å². The second-order valence-electron chi connectivity index (χ2n) is 3.05. The van der Waals surface area contributed by atoms with Crippen LogP contribution in [-0.4, -0.2) is 31.1 Å². The highest BCUT2D eigenvalue weighted by Gasteiger charge is 2.22. The van der Waals surface area contributed by atoms with Crippen molar-refractivity contribution in [2.24, 2.45) is 0 Å². The highest BCUT2D eigenvalue weighted by atomic mass is 16.5. The number of pyridine rings is 1. The summed E-state index contributed by atoms with van der Waals surface area (Å²) in [7, 11) is 2.29. The fourth-order valence-electron chi connectivity index (χ4n) is 1.26. The van der Waals surface area contributed by atoms with E-state index < -0.39 is 17.5 Å². The molecule has 1 N–H and O–H groups in total. The summed E-state index contributed by atoms with van der Waals surface area (Å²) < 4.78 is 8.91. The summed E-state index contributed by atoms with van der Waals surface area (Å²) in [6.07, 6.45) is 0. The number of carbonyl (C=O) groups excluding carboxylic acids is 2. The van der Waals surface area contributed by atoms with Gasteiger partial charge in [-0.25, -0.2) is 9.59 Å². The first kappa shape index (κ1) is 12.0. The van der Waals surface area contributed by atoms with Crippen molar-refractivity contribution in [1.82, 2.24) is 4.98 Å². The first-order chi connectivity index (χ1) is 7.51. The zero-order valence-electron chi connectivity index (χ0n) is 9.12. The fourth-order valence-corrected chi connectivity index (χ4v) is 1.26. The molecular weight excluding hydrogens is 214 g/mol. The fraction of sp³-hybridized carbons (Fsp3) is 0.300. The van der Waals surface area contributed by atoms with E-state index in [-0.39, 0.29) is 11.1 Å². The Morgan fingerprint density at radius 3 is 2.25 bits per heavy atom. The van der Waals surface area contributed by atoms with Gasteiger partial charge in [0.25, 0.3) is 5.56 Å². The molecule has 0 bridgehead atoms. The Bertz CT molecular complexity index is 488. The Kier molecular flexibility index (Phi) is 3.44. The number of methoxy groups -OCH3 is 2. The molecule has 0 aliphatic rings. The predicted molar refractivity (Wildman–Crippen MR) is 54.5 cm³/mol. The highest BCUT2D eigenvalue weighted by Crippen LogP contribution is 2.08. The van der Waals surface area contributed by atoms with Crippen LogP contribution in [0.1, 0.15) is 26.4 Å². The van der Waals surface area contributed by atoms with Gasteiger partial charge in [0, 0.05) is 5.69 Å². The quantitative estimate of drug-likeness (QED) is 0.729. The molecule has 0 radical (unpaired) electrons. The summed E-state index contributed by atoms with van der Waals surface area (Å²) in [5.74, 6) is -1.63. The number of rotatable bonds is 2. The molecule has 16 heavy (non-hydrogen) atoms. The van der Waals surface area contributed by atoms with E-state index >= 15 is 0 Å². The van der Waals surface area contributed by atoms with Crippen molar-refractivity contribution in [3.8, 4) is 0 Å². The van der Waals surface area contributed by atoms with E-state index in [0.29, 0.717) is 5.69 Å². The van der Waals surface area contributed by atoms with Gasteiger partial charge in [-0.3, -0.25) is 4.79 Å². The van der Waals surface area contributed by atoms with E-state index in [1.54, 1.807) is 6.92 Å². The minimum absolute atomic E-state index is 0.101. The Morgan fingerprint density at radius 1 is 1.19 bits per heavy atom. The van der Waals surface area contributed by atoms with Crippen LogP contribution in [0.3, 0.4) is 0 Å². The Labute approximate surface area is 91.2 Å².